The fraction of sp³-hybridized carbons (Fsp3) is 0.571. The third-order valence-corrected chi connectivity index (χ3v) is 4.03. The summed E-state index contributed by atoms with van der Waals surface area (Å²) in [7, 11) is 1.67. The van der Waals surface area contributed by atoms with Crippen molar-refractivity contribution in [1.29, 1.82) is 0 Å². The summed E-state index contributed by atoms with van der Waals surface area (Å²) in [5.41, 5.74) is 7.27. The fourth-order valence-electron chi connectivity index (χ4n) is 2.82. The minimum atomic E-state index is -0.0845. The Morgan fingerprint density at radius 1 is 1.41 bits per heavy atom. The number of nitrogens with two attached hydrogens (primary N) is 1. The van der Waals surface area contributed by atoms with E-state index in [0.717, 1.165) is 23.5 Å². The number of hydrogen-bond acceptors (Lipinski definition) is 3. The quantitative estimate of drug-likeness (QED) is 0.854. The van der Waals surface area contributed by atoms with Gasteiger partial charge in [0.1, 0.15) is 17.1 Å². The van der Waals surface area contributed by atoms with Crippen LogP contribution in [0.1, 0.15) is 37.8 Å². The largest absolute Gasteiger partial charge is 0.497 e. The Balaban J connectivity index is 1.97. The van der Waals surface area contributed by atoms with Crippen LogP contribution in [-0.4, -0.2) is 12.7 Å². The van der Waals surface area contributed by atoms with Gasteiger partial charge >= 0.3 is 0 Å². The molecule has 1 aromatic rings. The van der Waals surface area contributed by atoms with Gasteiger partial charge in [-0.2, -0.15) is 0 Å². The molecule has 0 spiro atoms. The maximum absolute atomic E-state index is 6.26. The zero-order valence-corrected chi connectivity index (χ0v) is 10.4. The Hall–Kier alpha value is -1.22. The van der Waals surface area contributed by atoms with E-state index in [2.05, 4.69) is 6.92 Å². The lowest BCUT2D eigenvalue weighted by atomic mass is 9.85. The van der Waals surface area contributed by atoms with Crippen molar-refractivity contribution in [3.8, 4) is 11.5 Å². The molecule has 2 aliphatic rings. The number of ether oxygens (including phenoxy) is 2. The van der Waals surface area contributed by atoms with Crippen LogP contribution in [0.2, 0.25) is 0 Å². The van der Waals surface area contributed by atoms with E-state index in [-0.39, 0.29) is 11.6 Å². The molecule has 1 aromatic carbocycles. The second kappa shape index (κ2) is 3.64. The molecule has 1 unspecified atom stereocenters. The fourth-order valence-corrected chi connectivity index (χ4v) is 2.82. The summed E-state index contributed by atoms with van der Waals surface area (Å²) >= 11 is 0. The van der Waals surface area contributed by atoms with E-state index in [1.54, 1.807) is 7.11 Å². The van der Waals surface area contributed by atoms with Crippen molar-refractivity contribution < 1.29 is 9.47 Å². The molecule has 1 heterocycles. The summed E-state index contributed by atoms with van der Waals surface area (Å²) in [6.07, 6.45) is 3.45. The van der Waals surface area contributed by atoms with E-state index in [1.165, 1.54) is 12.8 Å². The van der Waals surface area contributed by atoms with Crippen molar-refractivity contribution in [1.82, 2.24) is 0 Å². The second-order valence-electron chi connectivity index (χ2n) is 5.40. The summed E-state index contributed by atoms with van der Waals surface area (Å²) in [6.45, 7) is 2.19. The highest BCUT2D eigenvalue weighted by atomic mass is 16.5. The molecule has 2 atom stereocenters. The number of rotatable bonds is 2. The molecule has 1 fully saturated rings. The summed E-state index contributed by atoms with van der Waals surface area (Å²) in [4.78, 5) is 0. The minimum absolute atomic E-state index is 0.0789. The molecule has 3 rings (SSSR count). The highest BCUT2D eigenvalue weighted by molar-refractivity contribution is 5.44. The van der Waals surface area contributed by atoms with Gasteiger partial charge in [0, 0.05) is 24.1 Å². The molecule has 0 radical (unpaired) electrons. The Kier molecular flexibility index (Phi) is 2.33. The molecule has 2 N–H and O–H groups in total. The second-order valence-corrected chi connectivity index (χ2v) is 5.40. The van der Waals surface area contributed by atoms with E-state index in [1.807, 2.05) is 18.2 Å². The van der Waals surface area contributed by atoms with Gasteiger partial charge in [0.2, 0.25) is 0 Å². The molecule has 92 valence electrons. The molecule has 0 saturated heterocycles. The normalized spacial score (nSPS) is 31.6. The average Bonchev–Trinajstić information content (AvgIpc) is 3.12. The number of hydrogen-bond donors (Lipinski definition) is 1. The highest BCUT2D eigenvalue weighted by Crippen LogP contribution is 2.50. The molecule has 0 bridgehead atoms. The van der Waals surface area contributed by atoms with Crippen LogP contribution in [0.4, 0.5) is 0 Å². The average molecular weight is 233 g/mol. The number of methoxy groups -OCH3 is 1. The van der Waals surface area contributed by atoms with Gasteiger partial charge in [-0.25, -0.2) is 0 Å². The Morgan fingerprint density at radius 3 is 2.82 bits per heavy atom. The zero-order valence-electron chi connectivity index (χ0n) is 10.4. The third-order valence-electron chi connectivity index (χ3n) is 4.03. The first-order valence-corrected chi connectivity index (χ1v) is 6.25. The van der Waals surface area contributed by atoms with Crippen LogP contribution in [0.5, 0.6) is 11.5 Å². The first kappa shape index (κ1) is 10.9. The van der Waals surface area contributed by atoms with Gasteiger partial charge in [0.05, 0.1) is 7.11 Å². The Bertz CT molecular complexity index is 442. The van der Waals surface area contributed by atoms with Crippen LogP contribution < -0.4 is 15.2 Å². The van der Waals surface area contributed by atoms with Gasteiger partial charge in [0.15, 0.2) is 0 Å². The summed E-state index contributed by atoms with van der Waals surface area (Å²) in [5.74, 6) is 2.40. The maximum Gasteiger partial charge on any atom is 0.128 e. The number of benzene rings is 1. The monoisotopic (exact) mass is 233 g/mol. The van der Waals surface area contributed by atoms with E-state index in [4.69, 9.17) is 15.2 Å². The number of fused-ring (bicyclic) bond motifs is 1. The van der Waals surface area contributed by atoms with Crippen molar-refractivity contribution >= 4 is 0 Å². The Morgan fingerprint density at radius 2 is 2.18 bits per heavy atom. The van der Waals surface area contributed by atoms with Crippen LogP contribution in [0, 0.1) is 5.92 Å². The van der Waals surface area contributed by atoms with E-state index >= 15 is 0 Å². The van der Waals surface area contributed by atoms with Crippen molar-refractivity contribution in [2.75, 3.05) is 7.11 Å². The van der Waals surface area contributed by atoms with Crippen LogP contribution in [-0.2, 0) is 0 Å². The van der Waals surface area contributed by atoms with Gasteiger partial charge in [-0.15, -0.1) is 0 Å². The van der Waals surface area contributed by atoms with Crippen LogP contribution in [0.3, 0.4) is 0 Å². The lowest BCUT2D eigenvalue weighted by molar-refractivity contribution is 0.0322. The van der Waals surface area contributed by atoms with Gasteiger partial charge < -0.3 is 15.2 Å². The third kappa shape index (κ3) is 1.78. The van der Waals surface area contributed by atoms with E-state index in [9.17, 15) is 0 Å². The predicted molar refractivity (Wildman–Crippen MR) is 66.3 cm³/mol. The summed E-state index contributed by atoms with van der Waals surface area (Å²) < 4.78 is 11.4. The lowest BCUT2D eigenvalue weighted by Gasteiger charge is -2.39. The van der Waals surface area contributed by atoms with Crippen LogP contribution in [0.25, 0.3) is 0 Å². The van der Waals surface area contributed by atoms with Crippen molar-refractivity contribution in [3.63, 3.8) is 0 Å². The van der Waals surface area contributed by atoms with E-state index < -0.39 is 0 Å². The highest BCUT2D eigenvalue weighted by Gasteiger charge is 2.47. The van der Waals surface area contributed by atoms with E-state index in [0.29, 0.717) is 5.92 Å². The van der Waals surface area contributed by atoms with Crippen molar-refractivity contribution in [3.05, 3.63) is 23.8 Å². The van der Waals surface area contributed by atoms with Crippen molar-refractivity contribution in [2.45, 2.75) is 37.8 Å². The minimum Gasteiger partial charge on any atom is -0.497 e. The van der Waals surface area contributed by atoms with Crippen LogP contribution in [0.15, 0.2) is 18.2 Å². The summed E-state index contributed by atoms with van der Waals surface area (Å²) in [6, 6.07) is 6.00. The SMILES string of the molecule is COc1ccc2c(c1)OC(C)(C1CC1)C[C@@H]2N. The van der Waals surface area contributed by atoms with Gasteiger partial charge in [0.25, 0.3) is 0 Å². The lowest BCUT2D eigenvalue weighted by Crippen LogP contribution is -2.42. The topological polar surface area (TPSA) is 44.5 Å². The smallest absolute Gasteiger partial charge is 0.128 e. The first-order valence-electron chi connectivity index (χ1n) is 6.25. The molecule has 1 aliphatic heterocycles. The van der Waals surface area contributed by atoms with Gasteiger partial charge in [-0.05, 0) is 31.7 Å². The molecule has 3 heteroatoms. The molecule has 0 amide bonds. The molecule has 3 nitrogen and oxygen atoms in total. The summed E-state index contributed by atoms with van der Waals surface area (Å²) in [5, 5.41) is 0. The molecule has 1 aliphatic carbocycles. The molecule has 1 saturated carbocycles. The molecular weight excluding hydrogens is 214 g/mol. The Labute approximate surface area is 102 Å². The van der Waals surface area contributed by atoms with Gasteiger partial charge in [-0.3, -0.25) is 0 Å². The predicted octanol–water partition coefficient (Wildman–Crippen LogP) is 2.65. The van der Waals surface area contributed by atoms with Gasteiger partial charge in [-0.1, -0.05) is 6.07 Å². The molecule has 17 heavy (non-hydrogen) atoms. The molecule has 0 aromatic heterocycles. The maximum atomic E-state index is 6.26. The van der Waals surface area contributed by atoms with Crippen molar-refractivity contribution in [2.24, 2.45) is 11.7 Å². The molecular formula is C14H19NO2. The zero-order chi connectivity index (χ0) is 12.0. The first-order chi connectivity index (χ1) is 8.12. The standard InChI is InChI=1S/C14H19NO2/c1-14(9-3-4-9)8-12(15)11-6-5-10(16-2)7-13(11)17-14/h5-7,9,12H,3-4,8,15H2,1-2H3/t12-,14?/m0/s1. The van der Waals surface area contributed by atoms with Crippen LogP contribution >= 0.6 is 0 Å².